The van der Waals surface area contributed by atoms with E-state index in [1.165, 1.54) is 35.6 Å². The van der Waals surface area contributed by atoms with E-state index in [1.807, 2.05) is 19.1 Å². The number of ether oxygens (including phenoxy) is 1. The molecule has 2 heterocycles. The van der Waals surface area contributed by atoms with E-state index in [0.29, 0.717) is 33.0 Å². The number of nitrogens with zero attached hydrogens (tertiary/aromatic N) is 3. The van der Waals surface area contributed by atoms with Gasteiger partial charge in [0.1, 0.15) is 29.0 Å². The summed E-state index contributed by atoms with van der Waals surface area (Å²) in [6.07, 6.45) is 1.64. The molecule has 0 fully saturated rings. The molecule has 3 aromatic carbocycles. The highest BCUT2D eigenvalue weighted by Gasteiger charge is 2.16. The minimum Gasteiger partial charge on any atom is -0.492 e. The first-order chi connectivity index (χ1) is 17.2. The zero-order chi connectivity index (χ0) is 25.4. The molecule has 36 heavy (non-hydrogen) atoms. The van der Waals surface area contributed by atoms with Gasteiger partial charge in [-0.1, -0.05) is 0 Å². The van der Waals surface area contributed by atoms with Crippen molar-refractivity contribution in [1.82, 2.24) is 19.7 Å². The third-order valence-corrected chi connectivity index (χ3v) is 7.92. The maximum Gasteiger partial charge on any atom is 0.240 e. The van der Waals surface area contributed by atoms with Crippen molar-refractivity contribution in [2.75, 3.05) is 13.2 Å². The summed E-state index contributed by atoms with van der Waals surface area (Å²) in [5.41, 5.74) is 3.92. The van der Waals surface area contributed by atoms with Gasteiger partial charge >= 0.3 is 0 Å². The highest BCUT2D eigenvalue weighted by atomic mass is 32.2. The number of benzene rings is 3. The molecule has 0 amide bonds. The number of hydrogen-bond donors (Lipinski definition) is 1. The molecule has 0 atom stereocenters. The first-order valence-corrected chi connectivity index (χ1v) is 13.2. The Bertz CT molecular complexity index is 1700. The second-order valence-corrected chi connectivity index (χ2v) is 10.9. The summed E-state index contributed by atoms with van der Waals surface area (Å²) in [5.74, 6) is -0.376. The van der Waals surface area contributed by atoms with Crippen LogP contribution < -0.4 is 9.46 Å². The molecule has 0 aliphatic rings. The number of nitrogens with one attached hydrogen (secondary N) is 1. The van der Waals surface area contributed by atoms with Crippen LogP contribution >= 0.6 is 11.3 Å². The smallest absolute Gasteiger partial charge is 0.240 e. The van der Waals surface area contributed by atoms with E-state index in [4.69, 9.17) is 9.72 Å². The fourth-order valence-corrected chi connectivity index (χ4v) is 5.85. The van der Waals surface area contributed by atoms with Gasteiger partial charge in [0.15, 0.2) is 0 Å². The lowest BCUT2D eigenvalue weighted by Gasteiger charge is -2.09. The normalized spacial score (nSPS) is 11.9. The second kappa shape index (κ2) is 9.49. The molecule has 0 aliphatic carbocycles. The Kier molecular flexibility index (Phi) is 6.37. The lowest BCUT2D eigenvalue weighted by atomic mass is 10.1. The molecule has 0 saturated heterocycles. The van der Waals surface area contributed by atoms with Crippen molar-refractivity contribution >= 4 is 42.6 Å². The molecule has 5 aromatic rings. The van der Waals surface area contributed by atoms with Gasteiger partial charge in [-0.15, -0.1) is 11.3 Å². The minimum absolute atomic E-state index is 0.0249. The third-order valence-electron chi connectivity index (χ3n) is 5.41. The molecule has 7 nitrogen and oxygen atoms in total. The molecule has 0 saturated carbocycles. The number of sulfonamides is 1. The Hall–Kier alpha value is -3.54. The van der Waals surface area contributed by atoms with Crippen LogP contribution in [0.5, 0.6) is 5.75 Å². The summed E-state index contributed by atoms with van der Waals surface area (Å²) in [6.45, 7) is 3.80. The number of fused-ring (bicyclic) bond motifs is 2. The maximum atomic E-state index is 14.3. The zero-order valence-corrected chi connectivity index (χ0v) is 20.9. The van der Waals surface area contributed by atoms with Crippen molar-refractivity contribution in [2.45, 2.75) is 18.7 Å². The van der Waals surface area contributed by atoms with Crippen molar-refractivity contribution < 1.29 is 21.9 Å². The summed E-state index contributed by atoms with van der Waals surface area (Å²) in [4.78, 5) is 13.5. The van der Waals surface area contributed by atoms with Crippen LogP contribution in [0.3, 0.4) is 0 Å². The minimum atomic E-state index is -3.77. The van der Waals surface area contributed by atoms with Crippen molar-refractivity contribution in [3.05, 3.63) is 77.6 Å². The van der Waals surface area contributed by atoms with Gasteiger partial charge in [0.05, 0.1) is 31.8 Å². The lowest BCUT2D eigenvalue weighted by Crippen LogP contribution is -2.28. The molecule has 2 aromatic heterocycles. The Balaban J connectivity index is 1.35. The summed E-state index contributed by atoms with van der Waals surface area (Å²) in [7, 11) is -3.77. The van der Waals surface area contributed by atoms with E-state index in [0.717, 1.165) is 27.9 Å². The summed E-state index contributed by atoms with van der Waals surface area (Å²) < 4.78 is 61.1. The molecule has 0 bridgehead atoms. The van der Waals surface area contributed by atoms with Gasteiger partial charge in [-0.3, -0.25) is 4.98 Å². The molecule has 5 rings (SSSR count). The van der Waals surface area contributed by atoms with E-state index in [1.54, 1.807) is 13.1 Å². The number of aromatic nitrogens is 3. The van der Waals surface area contributed by atoms with E-state index >= 15 is 0 Å². The van der Waals surface area contributed by atoms with Gasteiger partial charge in [0.25, 0.3) is 0 Å². The first-order valence-electron chi connectivity index (χ1n) is 10.9. The monoisotopic (exact) mass is 526 g/mol. The summed E-state index contributed by atoms with van der Waals surface area (Å²) in [6, 6.07) is 11.0. The molecule has 1 N–H and O–H groups in total. The molecule has 0 spiro atoms. The largest absolute Gasteiger partial charge is 0.492 e. The van der Waals surface area contributed by atoms with Gasteiger partial charge in [0.2, 0.25) is 10.0 Å². The van der Waals surface area contributed by atoms with Gasteiger partial charge in [-0.25, -0.2) is 31.9 Å². The van der Waals surface area contributed by atoms with E-state index in [2.05, 4.69) is 14.7 Å². The molecule has 11 heteroatoms. The predicted molar refractivity (Wildman–Crippen MR) is 135 cm³/mol. The number of thiazole rings is 1. The molecular formula is C25H20F2N4O3S2. The molecule has 0 radical (unpaired) electrons. The number of rotatable bonds is 7. The van der Waals surface area contributed by atoms with Gasteiger partial charge in [-0.2, -0.15) is 0 Å². The van der Waals surface area contributed by atoms with Crippen LogP contribution in [0.15, 0.2) is 59.6 Å². The molecule has 0 aliphatic heterocycles. The van der Waals surface area contributed by atoms with Crippen molar-refractivity contribution in [3.63, 3.8) is 0 Å². The van der Waals surface area contributed by atoms with Gasteiger partial charge < -0.3 is 4.74 Å². The second-order valence-electron chi connectivity index (χ2n) is 8.14. The van der Waals surface area contributed by atoms with Crippen LogP contribution in [0.25, 0.3) is 31.8 Å². The van der Waals surface area contributed by atoms with Crippen LogP contribution in [0.2, 0.25) is 0 Å². The van der Waals surface area contributed by atoms with E-state index < -0.39 is 21.7 Å². The third kappa shape index (κ3) is 4.90. The van der Waals surface area contributed by atoms with Crippen LogP contribution in [0.1, 0.15) is 11.3 Å². The quantitative estimate of drug-likeness (QED) is 0.295. The van der Waals surface area contributed by atoms with Crippen LogP contribution in [-0.4, -0.2) is 36.5 Å². The standard InChI is InChI=1S/C25H20F2N4O3S2/c1-14-9-18(34-8-7-29-36(32,33)19-5-3-16(26)4-6-19)12-22-23(14)31-25(35-22)20-10-17(27)11-21-24(20)28-13-15(2)30-21/h3-6,9-13,29H,7-8H2,1-2H3. The fraction of sp³-hybridized carbons (Fsp3) is 0.160. The molecule has 0 unspecified atom stereocenters. The Labute approximate surface area is 209 Å². The van der Waals surface area contributed by atoms with Crippen molar-refractivity contribution in [3.8, 4) is 16.3 Å². The maximum absolute atomic E-state index is 14.3. The average molecular weight is 527 g/mol. The zero-order valence-electron chi connectivity index (χ0n) is 19.2. The topological polar surface area (TPSA) is 94.1 Å². The number of halogens is 2. The lowest BCUT2D eigenvalue weighted by molar-refractivity contribution is 0.323. The summed E-state index contributed by atoms with van der Waals surface area (Å²) >= 11 is 1.38. The Morgan fingerprint density at radius 3 is 2.53 bits per heavy atom. The fourth-order valence-electron chi connectivity index (χ4n) is 3.75. The molecule has 184 valence electrons. The van der Waals surface area contributed by atoms with Crippen LogP contribution in [-0.2, 0) is 10.0 Å². The number of aryl methyl sites for hydroxylation is 2. The average Bonchev–Trinajstić information content (AvgIpc) is 3.26. The predicted octanol–water partition coefficient (Wildman–Crippen LogP) is 5.16. The van der Waals surface area contributed by atoms with Crippen molar-refractivity contribution in [2.24, 2.45) is 0 Å². The highest BCUT2D eigenvalue weighted by Crippen LogP contribution is 2.37. The van der Waals surface area contributed by atoms with Crippen LogP contribution in [0.4, 0.5) is 8.78 Å². The van der Waals surface area contributed by atoms with Gasteiger partial charge in [-0.05, 0) is 61.9 Å². The Morgan fingerprint density at radius 2 is 1.75 bits per heavy atom. The van der Waals surface area contributed by atoms with E-state index in [9.17, 15) is 17.2 Å². The van der Waals surface area contributed by atoms with Gasteiger partial charge in [0, 0.05) is 24.4 Å². The van der Waals surface area contributed by atoms with Crippen molar-refractivity contribution in [1.29, 1.82) is 0 Å². The Morgan fingerprint density at radius 1 is 0.972 bits per heavy atom. The van der Waals surface area contributed by atoms with E-state index in [-0.39, 0.29) is 18.0 Å². The SMILES string of the molecule is Cc1cnc2c(-c3nc4c(C)cc(OCCNS(=O)(=O)c5ccc(F)cc5)cc4s3)cc(F)cc2n1. The summed E-state index contributed by atoms with van der Waals surface area (Å²) in [5, 5.41) is 0.611. The first kappa shape index (κ1) is 24.2. The van der Waals surface area contributed by atoms with Crippen LogP contribution in [0, 0.1) is 25.5 Å². The number of hydrogen-bond acceptors (Lipinski definition) is 7. The molecular weight excluding hydrogens is 506 g/mol. The highest BCUT2D eigenvalue weighted by molar-refractivity contribution is 7.89.